The van der Waals surface area contributed by atoms with Crippen LogP contribution in [-0.2, 0) is 13.1 Å². The molecule has 9 heteroatoms. The molecule has 2 aromatic rings. The molecule has 0 spiro atoms. The Morgan fingerprint density at radius 3 is 2.72 bits per heavy atom. The molecule has 1 saturated heterocycles. The second-order valence-corrected chi connectivity index (χ2v) is 7.12. The van der Waals surface area contributed by atoms with Crippen LogP contribution in [0.3, 0.4) is 0 Å². The SMILES string of the molecule is CN=C(NCc1nccn1C(F)F)NC1CCN(Cc2ccccc2)C(C)C1.I. The molecule has 2 N–H and O–H groups in total. The van der Waals surface area contributed by atoms with E-state index in [0.717, 1.165) is 30.5 Å². The molecule has 160 valence electrons. The number of nitrogens with one attached hydrogen (secondary N) is 2. The van der Waals surface area contributed by atoms with Crippen molar-refractivity contribution in [3.05, 3.63) is 54.1 Å². The van der Waals surface area contributed by atoms with Crippen molar-refractivity contribution in [2.75, 3.05) is 13.6 Å². The molecule has 6 nitrogen and oxygen atoms in total. The summed E-state index contributed by atoms with van der Waals surface area (Å²) in [5.74, 6) is 0.890. The number of aromatic nitrogens is 2. The maximum atomic E-state index is 12.9. The quantitative estimate of drug-likeness (QED) is 0.349. The molecule has 1 fully saturated rings. The highest BCUT2D eigenvalue weighted by atomic mass is 127. The van der Waals surface area contributed by atoms with Gasteiger partial charge in [0.15, 0.2) is 5.96 Å². The van der Waals surface area contributed by atoms with Gasteiger partial charge < -0.3 is 10.6 Å². The number of rotatable bonds is 6. The van der Waals surface area contributed by atoms with Crippen molar-refractivity contribution in [3.63, 3.8) is 0 Å². The predicted molar refractivity (Wildman–Crippen MR) is 122 cm³/mol. The lowest BCUT2D eigenvalue weighted by Crippen LogP contribution is -2.51. The van der Waals surface area contributed by atoms with E-state index in [1.807, 2.05) is 6.07 Å². The smallest absolute Gasteiger partial charge is 0.319 e. The summed E-state index contributed by atoms with van der Waals surface area (Å²) in [6, 6.07) is 11.2. The van der Waals surface area contributed by atoms with Gasteiger partial charge in [-0.15, -0.1) is 24.0 Å². The number of nitrogens with zero attached hydrogens (tertiary/aromatic N) is 4. The summed E-state index contributed by atoms with van der Waals surface area (Å²) < 4.78 is 26.7. The Kier molecular flexibility index (Phi) is 9.28. The average Bonchev–Trinajstić information content (AvgIpc) is 3.17. The molecule has 3 rings (SSSR count). The third-order valence-corrected chi connectivity index (χ3v) is 5.18. The molecule has 0 amide bonds. The van der Waals surface area contributed by atoms with Crippen molar-refractivity contribution in [1.82, 2.24) is 25.1 Å². The number of alkyl halides is 2. The van der Waals surface area contributed by atoms with Crippen LogP contribution in [0.15, 0.2) is 47.7 Å². The summed E-state index contributed by atoms with van der Waals surface area (Å²) in [6.45, 7) is 1.80. The summed E-state index contributed by atoms with van der Waals surface area (Å²) in [6.07, 6.45) is 4.66. The van der Waals surface area contributed by atoms with Gasteiger partial charge in [-0.2, -0.15) is 8.78 Å². The van der Waals surface area contributed by atoms with E-state index in [9.17, 15) is 8.78 Å². The van der Waals surface area contributed by atoms with Gasteiger partial charge in [-0.25, -0.2) is 4.98 Å². The number of imidazole rings is 1. The average molecular weight is 518 g/mol. The minimum Gasteiger partial charge on any atom is -0.354 e. The van der Waals surface area contributed by atoms with Crippen LogP contribution in [0.1, 0.15) is 37.7 Å². The molecular weight excluding hydrogens is 489 g/mol. The highest BCUT2D eigenvalue weighted by molar-refractivity contribution is 14.0. The predicted octanol–water partition coefficient (Wildman–Crippen LogP) is 3.61. The molecule has 0 bridgehead atoms. The maximum Gasteiger partial charge on any atom is 0.319 e. The van der Waals surface area contributed by atoms with Crippen LogP contribution < -0.4 is 10.6 Å². The molecule has 0 radical (unpaired) electrons. The van der Waals surface area contributed by atoms with Crippen LogP contribution in [0.25, 0.3) is 0 Å². The van der Waals surface area contributed by atoms with Crippen LogP contribution in [0.5, 0.6) is 0 Å². The Balaban J connectivity index is 0.00000300. The monoisotopic (exact) mass is 518 g/mol. The van der Waals surface area contributed by atoms with E-state index in [2.05, 4.69) is 56.7 Å². The van der Waals surface area contributed by atoms with Crippen molar-refractivity contribution >= 4 is 29.9 Å². The molecule has 0 saturated carbocycles. The second kappa shape index (κ2) is 11.4. The van der Waals surface area contributed by atoms with Gasteiger partial charge in [-0.05, 0) is 25.3 Å². The number of hydrogen-bond donors (Lipinski definition) is 2. The fourth-order valence-electron chi connectivity index (χ4n) is 3.61. The van der Waals surface area contributed by atoms with E-state index in [-0.39, 0.29) is 36.3 Å². The summed E-state index contributed by atoms with van der Waals surface area (Å²) in [7, 11) is 1.68. The fourth-order valence-corrected chi connectivity index (χ4v) is 3.61. The lowest BCUT2D eigenvalue weighted by atomic mass is 9.97. The molecule has 2 atom stereocenters. The van der Waals surface area contributed by atoms with Crippen molar-refractivity contribution < 1.29 is 8.78 Å². The number of aliphatic imine (C=N–C) groups is 1. The molecule has 1 aromatic carbocycles. The van der Waals surface area contributed by atoms with Crippen molar-refractivity contribution in [2.24, 2.45) is 4.99 Å². The molecule has 0 aliphatic carbocycles. The minimum absolute atomic E-state index is 0. The van der Waals surface area contributed by atoms with Gasteiger partial charge >= 0.3 is 6.55 Å². The number of guanidine groups is 1. The summed E-state index contributed by atoms with van der Waals surface area (Å²) >= 11 is 0. The van der Waals surface area contributed by atoms with Crippen LogP contribution in [0, 0.1) is 0 Å². The van der Waals surface area contributed by atoms with Crippen LogP contribution in [-0.4, -0.2) is 46.1 Å². The van der Waals surface area contributed by atoms with Crippen molar-refractivity contribution in [1.29, 1.82) is 0 Å². The third kappa shape index (κ3) is 6.63. The topological polar surface area (TPSA) is 57.5 Å². The van der Waals surface area contributed by atoms with E-state index in [4.69, 9.17) is 0 Å². The number of likely N-dealkylation sites (tertiary alicyclic amines) is 1. The Morgan fingerprint density at radius 2 is 2.07 bits per heavy atom. The summed E-state index contributed by atoms with van der Waals surface area (Å²) in [4.78, 5) is 10.7. The lowest BCUT2D eigenvalue weighted by molar-refractivity contribution is 0.0668. The fraction of sp³-hybridized carbons (Fsp3) is 0.500. The summed E-state index contributed by atoms with van der Waals surface area (Å²) in [5, 5.41) is 6.51. The standard InChI is InChI=1S/C20H28F2N6.HI/c1-15-12-17(8-10-27(15)14-16-6-4-3-5-7-16)26-20(23-2)25-13-18-24-9-11-28(18)19(21)22;/h3-7,9,11,15,17,19H,8,10,12-14H2,1-2H3,(H2,23,25,26);1H. The summed E-state index contributed by atoms with van der Waals surface area (Å²) in [5.41, 5.74) is 1.33. The van der Waals surface area contributed by atoms with Crippen LogP contribution >= 0.6 is 24.0 Å². The molecule has 1 aliphatic heterocycles. The normalized spacial score (nSPS) is 20.4. The number of halogens is 3. The zero-order valence-electron chi connectivity index (χ0n) is 16.8. The number of hydrogen-bond acceptors (Lipinski definition) is 3. The number of benzene rings is 1. The minimum atomic E-state index is -2.59. The molecular formula is C20H29F2IN6. The Labute approximate surface area is 187 Å². The maximum absolute atomic E-state index is 12.9. The highest BCUT2D eigenvalue weighted by Gasteiger charge is 2.26. The van der Waals surface area contributed by atoms with E-state index in [1.54, 1.807) is 7.05 Å². The number of piperidine rings is 1. The van der Waals surface area contributed by atoms with E-state index in [1.165, 1.54) is 18.0 Å². The second-order valence-electron chi connectivity index (χ2n) is 7.12. The van der Waals surface area contributed by atoms with Gasteiger partial charge in [-0.3, -0.25) is 14.5 Å². The molecule has 2 unspecified atom stereocenters. The van der Waals surface area contributed by atoms with E-state index in [0.29, 0.717) is 18.0 Å². The van der Waals surface area contributed by atoms with Crippen LogP contribution in [0.2, 0.25) is 0 Å². The van der Waals surface area contributed by atoms with Crippen LogP contribution in [0.4, 0.5) is 8.78 Å². The first-order valence-electron chi connectivity index (χ1n) is 9.62. The molecule has 29 heavy (non-hydrogen) atoms. The van der Waals surface area contributed by atoms with Gasteiger partial charge in [0.05, 0.1) is 6.54 Å². The molecule has 2 heterocycles. The zero-order chi connectivity index (χ0) is 19.9. The Bertz CT molecular complexity index is 767. The Hall–Kier alpha value is -1.75. The zero-order valence-corrected chi connectivity index (χ0v) is 19.1. The highest BCUT2D eigenvalue weighted by Crippen LogP contribution is 2.20. The Morgan fingerprint density at radius 1 is 1.31 bits per heavy atom. The van der Waals surface area contributed by atoms with Gasteiger partial charge in [0.1, 0.15) is 5.82 Å². The van der Waals surface area contributed by atoms with E-state index < -0.39 is 6.55 Å². The third-order valence-electron chi connectivity index (χ3n) is 5.18. The van der Waals surface area contributed by atoms with Gasteiger partial charge in [0, 0.05) is 44.6 Å². The van der Waals surface area contributed by atoms with Gasteiger partial charge in [-0.1, -0.05) is 30.3 Å². The van der Waals surface area contributed by atoms with E-state index >= 15 is 0 Å². The van der Waals surface area contributed by atoms with Gasteiger partial charge in [0.2, 0.25) is 0 Å². The molecule has 1 aromatic heterocycles. The first-order chi connectivity index (χ1) is 13.6. The first kappa shape index (κ1) is 23.5. The largest absolute Gasteiger partial charge is 0.354 e. The molecule has 1 aliphatic rings. The van der Waals surface area contributed by atoms with Crippen molar-refractivity contribution in [3.8, 4) is 0 Å². The first-order valence-corrected chi connectivity index (χ1v) is 9.62. The van der Waals surface area contributed by atoms with Gasteiger partial charge in [0.25, 0.3) is 0 Å². The lowest BCUT2D eigenvalue weighted by Gasteiger charge is -2.38. The van der Waals surface area contributed by atoms with Crippen molar-refractivity contribution in [2.45, 2.75) is 51.5 Å².